The monoisotopic (exact) mass is 297 g/mol. The molecule has 2 aromatic rings. The van der Waals surface area contributed by atoms with Crippen LogP contribution in [-0.2, 0) is 5.41 Å². The molecule has 22 heavy (non-hydrogen) atoms. The van der Waals surface area contributed by atoms with Crippen LogP contribution in [0.15, 0.2) is 60.7 Å². The van der Waals surface area contributed by atoms with Crippen LogP contribution in [0.1, 0.15) is 37.8 Å². The van der Waals surface area contributed by atoms with Gasteiger partial charge >= 0.3 is 0 Å². The van der Waals surface area contributed by atoms with E-state index in [0.29, 0.717) is 6.04 Å². The summed E-state index contributed by atoms with van der Waals surface area (Å²) in [6, 6.07) is 21.1. The van der Waals surface area contributed by atoms with Gasteiger partial charge in [0.15, 0.2) is 0 Å². The third-order valence-corrected chi connectivity index (χ3v) is 4.65. The van der Waals surface area contributed by atoms with Crippen LogP contribution in [0.4, 0.5) is 0 Å². The Balaban J connectivity index is 2.63. The van der Waals surface area contributed by atoms with Crippen LogP contribution in [-0.4, -0.2) is 24.3 Å². The lowest BCUT2D eigenvalue weighted by atomic mass is 9.66. The highest BCUT2D eigenvalue weighted by Gasteiger charge is 2.41. The van der Waals surface area contributed by atoms with Crippen molar-refractivity contribution in [2.75, 3.05) is 7.05 Å². The van der Waals surface area contributed by atoms with E-state index in [4.69, 9.17) is 0 Å². The molecule has 0 aromatic heterocycles. The Labute approximate surface area is 134 Å². The maximum atomic E-state index is 11.0. The Morgan fingerprint density at radius 2 is 1.41 bits per heavy atom. The van der Waals surface area contributed by atoms with Crippen LogP contribution in [0.25, 0.3) is 0 Å². The van der Waals surface area contributed by atoms with Crippen molar-refractivity contribution < 1.29 is 5.11 Å². The fourth-order valence-electron chi connectivity index (χ4n) is 3.33. The summed E-state index contributed by atoms with van der Waals surface area (Å²) < 4.78 is 0. The van der Waals surface area contributed by atoms with Gasteiger partial charge in [0.2, 0.25) is 0 Å². The molecule has 0 saturated carbocycles. The van der Waals surface area contributed by atoms with Crippen molar-refractivity contribution >= 4 is 0 Å². The average Bonchev–Trinajstić information content (AvgIpc) is 2.60. The normalized spacial score (nSPS) is 14.5. The molecule has 0 aliphatic rings. The van der Waals surface area contributed by atoms with Gasteiger partial charge in [-0.3, -0.25) is 0 Å². The number of benzene rings is 2. The van der Waals surface area contributed by atoms with Gasteiger partial charge < -0.3 is 10.4 Å². The molecule has 1 unspecified atom stereocenters. The second-order valence-corrected chi connectivity index (χ2v) is 6.02. The highest BCUT2D eigenvalue weighted by atomic mass is 16.3. The Hall–Kier alpha value is -1.64. The number of hydrogen-bond acceptors (Lipinski definition) is 2. The van der Waals surface area contributed by atoms with E-state index in [0.717, 1.165) is 12.8 Å². The van der Waals surface area contributed by atoms with Crippen molar-refractivity contribution in [3.05, 3.63) is 71.8 Å². The van der Waals surface area contributed by atoms with E-state index in [-0.39, 0.29) is 5.41 Å². The lowest BCUT2D eigenvalue weighted by Crippen LogP contribution is -2.45. The van der Waals surface area contributed by atoms with Crippen molar-refractivity contribution in [3.8, 4) is 0 Å². The summed E-state index contributed by atoms with van der Waals surface area (Å²) in [6.07, 6.45) is 1.15. The lowest BCUT2D eigenvalue weighted by Gasteiger charge is -2.41. The molecule has 2 atom stereocenters. The van der Waals surface area contributed by atoms with Gasteiger partial charge in [0.25, 0.3) is 0 Å². The minimum atomic E-state index is -0.423. The van der Waals surface area contributed by atoms with E-state index in [9.17, 15) is 5.11 Å². The fraction of sp³-hybridized carbons (Fsp3) is 0.400. The third-order valence-electron chi connectivity index (χ3n) is 4.65. The van der Waals surface area contributed by atoms with Crippen molar-refractivity contribution in [3.63, 3.8) is 0 Å². The first-order chi connectivity index (χ1) is 10.6. The molecule has 2 N–H and O–H groups in total. The summed E-state index contributed by atoms with van der Waals surface area (Å²) in [5.41, 5.74) is 1.97. The van der Waals surface area contributed by atoms with Crippen molar-refractivity contribution in [2.24, 2.45) is 0 Å². The molecular weight excluding hydrogens is 270 g/mol. The van der Waals surface area contributed by atoms with Crippen LogP contribution < -0.4 is 5.32 Å². The summed E-state index contributed by atoms with van der Waals surface area (Å²) in [5, 5.41) is 14.3. The molecule has 0 amide bonds. The van der Waals surface area contributed by atoms with Crippen LogP contribution in [0.5, 0.6) is 0 Å². The summed E-state index contributed by atoms with van der Waals surface area (Å²) in [5.74, 6) is 0. The summed E-state index contributed by atoms with van der Waals surface area (Å²) in [6.45, 7) is 4.22. The minimum absolute atomic E-state index is 0.307. The number of nitrogens with one attached hydrogen (secondary N) is 1. The molecule has 2 aromatic carbocycles. The second-order valence-electron chi connectivity index (χ2n) is 6.02. The van der Waals surface area contributed by atoms with Crippen LogP contribution in [0.2, 0.25) is 0 Å². The van der Waals surface area contributed by atoms with Gasteiger partial charge in [-0.05, 0) is 37.9 Å². The molecule has 2 nitrogen and oxygen atoms in total. The van der Waals surface area contributed by atoms with E-state index in [1.165, 1.54) is 11.1 Å². The fourth-order valence-corrected chi connectivity index (χ4v) is 3.33. The van der Waals surface area contributed by atoms with Gasteiger partial charge in [0, 0.05) is 11.5 Å². The number of hydrogen-bond donors (Lipinski definition) is 2. The molecular formula is C20H27NO. The topological polar surface area (TPSA) is 32.3 Å². The Bertz CT molecular complexity index is 513. The lowest BCUT2D eigenvalue weighted by molar-refractivity contribution is 0.0872. The molecule has 0 aliphatic carbocycles. The minimum Gasteiger partial charge on any atom is -0.392 e. The highest BCUT2D eigenvalue weighted by molar-refractivity contribution is 5.41. The Morgan fingerprint density at radius 1 is 0.955 bits per heavy atom. The van der Waals surface area contributed by atoms with Crippen LogP contribution >= 0.6 is 0 Å². The first-order valence-corrected chi connectivity index (χ1v) is 8.11. The molecule has 118 valence electrons. The van der Waals surface area contributed by atoms with Gasteiger partial charge in [0.1, 0.15) is 0 Å². The van der Waals surface area contributed by atoms with Crippen molar-refractivity contribution in [2.45, 2.75) is 44.2 Å². The predicted octanol–water partition coefficient (Wildman–Crippen LogP) is 3.74. The predicted molar refractivity (Wildman–Crippen MR) is 93.1 cm³/mol. The maximum Gasteiger partial charge on any atom is 0.0675 e. The maximum absolute atomic E-state index is 11.0. The molecule has 0 fully saturated rings. The molecule has 2 rings (SSSR count). The van der Waals surface area contributed by atoms with E-state index >= 15 is 0 Å². The van der Waals surface area contributed by atoms with Gasteiger partial charge in [-0.25, -0.2) is 0 Å². The van der Waals surface area contributed by atoms with Crippen LogP contribution in [0, 0.1) is 0 Å². The molecule has 0 radical (unpaired) electrons. The smallest absolute Gasteiger partial charge is 0.0675 e. The Morgan fingerprint density at radius 3 is 1.77 bits per heavy atom. The zero-order valence-electron chi connectivity index (χ0n) is 13.8. The van der Waals surface area contributed by atoms with E-state index in [1.54, 1.807) is 0 Å². The van der Waals surface area contributed by atoms with Gasteiger partial charge in [-0.2, -0.15) is 0 Å². The van der Waals surface area contributed by atoms with Gasteiger partial charge in [-0.1, -0.05) is 67.6 Å². The van der Waals surface area contributed by atoms with Gasteiger partial charge in [0.05, 0.1) is 6.10 Å². The van der Waals surface area contributed by atoms with Gasteiger partial charge in [-0.15, -0.1) is 0 Å². The SMILES string of the molecule is CCC(O)C(C[C@@H](C)NC)(c1ccccc1)c1ccccc1. The van der Waals surface area contributed by atoms with E-state index in [2.05, 4.69) is 67.7 Å². The number of rotatable bonds is 7. The van der Waals surface area contributed by atoms with Crippen molar-refractivity contribution in [1.82, 2.24) is 5.32 Å². The Kier molecular flexibility index (Phi) is 5.76. The second kappa shape index (κ2) is 7.57. The molecule has 0 saturated heterocycles. The zero-order chi connectivity index (χ0) is 16.0. The molecule has 0 bridgehead atoms. The quantitative estimate of drug-likeness (QED) is 0.816. The average molecular weight is 297 g/mol. The first-order valence-electron chi connectivity index (χ1n) is 8.11. The highest BCUT2D eigenvalue weighted by Crippen LogP contribution is 2.41. The largest absolute Gasteiger partial charge is 0.392 e. The zero-order valence-corrected chi connectivity index (χ0v) is 13.8. The molecule has 0 aliphatic heterocycles. The van der Waals surface area contributed by atoms with Crippen molar-refractivity contribution in [1.29, 1.82) is 0 Å². The van der Waals surface area contributed by atoms with E-state index < -0.39 is 6.10 Å². The third kappa shape index (κ3) is 3.23. The molecule has 2 heteroatoms. The standard InChI is InChI=1S/C20H27NO/c1-4-19(22)20(15-16(2)21-3,17-11-7-5-8-12-17)18-13-9-6-10-14-18/h5-14,16,19,21-22H,4,15H2,1-3H3/t16-,19?/m1/s1. The number of aliphatic hydroxyl groups is 1. The summed E-state index contributed by atoms with van der Waals surface area (Å²) >= 11 is 0. The summed E-state index contributed by atoms with van der Waals surface area (Å²) in [7, 11) is 1.98. The van der Waals surface area contributed by atoms with E-state index in [1.807, 2.05) is 19.2 Å². The van der Waals surface area contributed by atoms with Crippen LogP contribution in [0.3, 0.4) is 0 Å². The summed E-state index contributed by atoms with van der Waals surface area (Å²) in [4.78, 5) is 0. The molecule has 0 spiro atoms. The molecule has 0 heterocycles. The number of aliphatic hydroxyl groups excluding tert-OH is 1. The first kappa shape index (κ1) is 16.7.